The Morgan fingerprint density at radius 1 is 0.969 bits per heavy atom. The first-order valence-electron chi connectivity index (χ1n) is 10.9. The molecule has 0 spiro atoms. The summed E-state index contributed by atoms with van der Waals surface area (Å²) in [5, 5.41) is 10.7. The Bertz CT molecular complexity index is 1280. The Labute approximate surface area is 190 Å². The number of carbonyl (C=O) groups is 1. The Balaban J connectivity index is 1.49. The first kappa shape index (κ1) is 20.6. The van der Waals surface area contributed by atoms with Gasteiger partial charge in [0.1, 0.15) is 0 Å². The molecule has 2 aromatic carbocycles. The maximum atomic E-state index is 13.3. The SMILES string of the molecule is O=C(NC[C@@H](c1cccs1)N1CCCC1)c1nn(-c2ccccc2)c(=O)c2ccccc12. The van der Waals surface area contributed by atoms with E-state index in [1.807, 2.05) is 36.4 Å². The number of hydrogen-bond acceptors (Lipinski definition) is 5. The van der Waals surface area contributed by atoms with E-state index in [1.54, 1.807) is 29.5 Å². The lowest BCUT2D eigenvalue weighted by molar-refractivity contribution is 0.0933. The highest BCUT2D eigenvalue weighted by molar-refractivity contribution is 7.10. The van der Waals surface area contributed by atoms with Crippen LogP contribution in [0, 0.1) is 0 Å². The zero-order chi connectivity index (χ0) is 21.9. The van der Waals surface area contributed by atoms with Gasteiger partial charge >= 0.3 is 0 Å². The van der Waals surface area contributed by atoms with Gasteiger partial charge in [-0.1, -0.05) is 42.5 Å². The zero-order valence-corrected chi connectivity index (χ0v) is 18.4. The van der Waals surface area contributed by atoms with Crippen molar-refractivity contribution in [3.8, 4) is 5.69 Å². The maximum absolute atomic E-state index is 13.3. The van der Waals surface area contributed by atoms with Crippen LogP contribution in [0.4, 0.5) is 0 Å². The lowest BCUT2D eigenvalue weighted by Gasteiger charge is -2.27. The van der Waals surface area contributed by atoms with E-state index in [0.717, 1.165) is 13.1 Å². The molecule has 2 aromatic heterocycles. The summed E-state index contributed by atoms with van der Waals surface area (Å²) in [6, 6.07) is 20.7. The zero-order valence-electron chi connectivity index (χ0n) is 17.6. The highest BCUT2D eigenvalue weighted by Crippen LogP contribution is 2.28. The molecule has 5 rings (SSSR count). The van der Waals surface area contributed by atoms with Crippen molar-refractivity contribution in [2.75, 3.05) is 19.6 Å². The molecule has 32 heavy (non-hydrogen) atoms. The fraction of sp³-hybridized carbons (Fsp3) is 0.240. The van der Waals surface area contributed by atoms with Crippen LogP contribution in [0.25, 0.3) is 16.5 Å². The van der Waals surface area contributed by atoms with Gasteiger partial charge < -0.3 is 5.32 Å². The molecule has 1 fully saturated rings. The van der Waals surface area contributed by atoms with Crippen LogP contribution in [-0.2, 0) is 0 Å². The summed E-state index contributed by atoms with van der Waals surface area (Å²) in [6.45, 7) is 2.58. The normalized spacial score (nSPS) is 15.1. The molecule has 0 saturated carbocycles. The van der Waals surface area contributed by atoms with E-state index in [-0.39, 0.29) is 23.2 Å². The molecule has 1 saturated heterocycles. The summed E-state index contributed by atoms with van der Waals surface area (Å²) in [6.07, 6.45) is 2.37. The Kier molecular flexibility index (Phi) is 5.83. The monoisotopic (exact) mass is 444 g/mol. The fourth-order valence-corrected chi connectivity index (χ4v) is 5.18. The molecule has 6 nitrogen and oxygen atoms in total. The summed E-state index contributed by atoms with van der Waals surface area (Å²) in [5.41, 5.74) is 0.651. The second kappa shape index (κ2) is 9.06. The number of carbonyl (C=O) groups excluding carboxylic acids is 1. The standard InChI is InChI=1S/C25H24N4O2S/c30-24(26-17-21(22-13-8-16-32-22)28-14-6-7-15-28)23-19-11-4-5-12-20(19)25(31)29(27-23)18-9-2-1-3-10-18/h1-5,8-13,16,21H,6-7,14-15,17H2,(H,26,30)/t21-/m0/s1. The molecule has 162 valence electrons. The van der Waals surface area contributed by atoms with E-state index in [1.165, 1.54) is 22.4 Å². The minimum atomic E-state index is -0.272. The lowest BCUT2D eigenvalue weighted by Crippen LogP contribution is -2.37. The molecule has 4 aromatic rings. The number of likely N-dealkylation sites (tertiary alicyclic amines) is 1. The van der Waals surface area contributed by atoms with Gasteiger partial charge in [-0.3, -0.25) is 14.5 Å². The molecule has 0 aliphatic carbocycles. The van der Waals surface area contributed by atoms with Crippen molar-refractivity contribution in [2.45, 2.75) is 18.9 Å². The summed E-state index contributed by atoms with van der Waals surface area (Å²) in [5.74, 6) is -0.272. The third-order valence-corrected chi connectivity index (χ3v) is 6.90. The van der Waals surface area contributed by atoms with Crippen molar-refractivity contribution in [1.29, 1.82) is 0 Å². The van der Waals surface area contributed by atoms with Gasteiger partial charge in [0.2, 0.25) is 0 Å². The first-order chi connectivity index (χ1) is 15.7. The molecule has 1 aliphatic heterocycles. The van der Waals surface area contributed by atoms with Gasteiger partial charge in [-0.25, -0.2) is 0 Å². The van der Waals surface area contributed by atoms with Gasteiger partial charge in [-0.15, -0.1) is 11.3 Å². The molecule has 0 bridgehead atoms. The van der Waals surface area contributed by atoms with Crippen LogP contribution in [0.1, 0.15) is 34.2 Å². The van der Waals surface area contributed by atoms with Gasteiger partial charge in [0.15, 0.2) is 5.69 Å². The Hall–Kier alpha value is -3.29. The number of hydrogen-bond donors (Lipinski definition) is 1. The van der Waals surface area contributed by atoms with E-state index in [0.29, 0.717) is 23.0 Å². The number of nitrogens with one attached hydrogen (secondary N) is 1. The summed E-state index contributed by atoms with van der Waals surface area (Å²) in [4.78, 5) is 30.1. The number of thiophene rings is 1. The van der Waals surface area contributed by atoms with Crippen molar-refractivity contribution in [3.05, 3.63) is 93.0 Å². The van der Waals surface area contributed by atoms with Crippen molar-refractivity contribution in [3.63, 3.8) is 0 Å². The molecule has 1 amide bonds. The number of nitrogens with zero attached hydrogens (tertiary/aromatic N) is 3. The van der Waals surface area contributed by atoms with E-state index in [2.05, 4.69) is 32.8 Å². The molecule has 0 unspecified atom stereocenters. The average Bonchev–Trinajstić information content (AvgIpc) is 3.55. The molecular formula is C25H24N4O2S. The number of benzene rings is 2. The summed E-state index contributed by atoms with van der Waals surface area (Å²) >= 11 is 1.72. The minimum Gasteiger partial charge on any atom is -0.349 e. The van der Waals surface area contributed by atoms with E-state index >= 15 is 0 Å². The molecular weight excluding hydrogens is 420 g/mol. The largest absolute Gasteiger partial charge is 0.349 e. The van der Waals surface area contributed by atoms with Crippen LogP contribution in [0.5, 0.6) is 0 Å². The van der Waals surface area contributed by atoms with Crippen LogP contribution in [0.3, 0.4) is 0 Å². The second-order valence-electron chi connectivity index (χ2n) is 7.93. The van der Waals surface area contributed by atoms with Gasteiger partial charge in [-0.05, 0) is 55.6 Å². The molecule has 3 heterocycles. The van der Waals surface area contributed by atoms with Gasteiger partial charge in [0, 0.05) is 16.8 Å². The predicted octanol–water partition coefficient (Wildman–Crippen LogP) is 4.01. The highest BCUT2D eigenvalue weighted by atomic mass is 32.1. The molecule has 1 N–H and O–H groups in total. The first-order valence-corrected chi connectivity index (χ1v) is 11.7. The quantitative estimate of drug-likeness (QED) is 0.488. The number of amides is 1. The third kappa shape index (κ3) is 3.97. The van der Waals surface area contributed by atoms with Crippen molar-refractivity contribution in [1.82, 2.24) is 20.0 Å². The molecule has 1 aliphatic rings. The van der Waals surface area contributed by atoms with Crippen molar-refractivity contribution >= 4 is 28.0 Å². The van der Waals surface area contributed by atoms with Gasteiger partial charge in [-0.2, -0.15) is 9.78 Å². The Morgan fingerprint density at radius 3 is 2.41 bits per heavy atom. The van der Waals surface area contributed by atoms with Crippen LogP contribution >= 0.6 is 11.3 Å². The highest BCUT2D eigenvalue weighted by Gasteiger charge is 2.26. The third-order valence-electron chi connectivity index (χ3n) is 5.93. The van der Waals surface area contributed by atoms with Crippen molar-refractivity contribution < 1.29 is 4.79 Å². The number of fused-ring (bicyclic) bond motifs is 1. The minimum absolute atomic E-state index is 0.146. The number of para-hydroxylation sites is 1. The van der Waals surface area contributed by atoms with Gasteiger partial charge in [0.25, 0.3) is 11.5 Å². The lowest BCUT2D eigenvalue weighted by atomic mass is 10.1. The summed E-state index contributed by atoms with van der Waals surface area (Å²) < 4.78 is 1.31. The number of aromatic nitrogens is 2. The fourth-order valence-electron chi connectivity index (χ4n) is 4.32. The van der Waals surface area contributed by atoms with Crippen molar-refractivity contribution in [2.24, 2.45) is 0 Å². The van der Waals surface area contributed by atoms with E-state index < -0.39 is 0 Å². The van der Waals surface area contributed by atoms with E-state index in [4.69, 9.17) is 0 Å². The topological polar surface area (TPSA) is 67.2 Å². The predicted molar refractivity (Wildman–Crippen MR) is 128 cm³/mol. The second-order valence-corrected chi connectivity index (χ2v) is 8.91. The smallest absolute Gasteiger partial charge is 0.279 e. The van der Waals surface area contributed by atoms with Gasteiger partial charge in [0.05, 0.1) is 17.1 Å². The molecule has 7 heteroatoms. The van der Waals surface area contributed by atoms with Crippen LogP contribution in [-0.4, -0.2) is 40.2 Å². The molecule has 1 atom stereocenters. The van der Waals surface area contributed by atoms with E-state index in [9.17, 15) is 9.59 Å². The summed E-state index contributed by atoms with van der Waals surface area (Å²) in [7, 11) is 0. The number of rotatable bonds is 6. The van der Waals surface area contributed by atoms with Crippen LogP contribution < -0.4 is 10.9 Å². The average molecular weight is 445 g/mol. The Morgan fingerprint density at radius 2 is 1.69 bits per heavy atom. The van der Waals surface area contributed by atoms with Crippen LogP contribution in [0.2, 0.25) is 0 Å². The molecule has 0 radical (unpaired) electrons. The van der Waals surface area contributed by atoms with Crippen LogP contribution in [0.15, 0.2) is 76.9 Å². The maximum Gasteiger partial charge on any atom is 0.279 e.